The van der Waals surface area contributed by atoms with Gasteiger partial charge in [0.1, 0.15) is 5.15 Å². The third kappa shape index (κ3) is 2.03. The van der Waals surface area contributed by atoms with Crippen LogP contribution in [0.4, 0.5) is 5.69 Å². The van der Waals surface area contributed by atoms with Crippen LogP contribution in [0.1, 0.15) is 16.8 Å². The summed E-state index contributed by atoms with van der Waals surface area (Å²) in [7, 11) is 0. The van der Waals surface area contributed by atoms with Crippen LogP contribution in [0.25, 0.3) is 0 Å². The molecule has 1 saturated heterocycles. The first-order chi connectivity index (χ1) is 7.18. The lowest BCUT2D eigenvalue weighted by atomic mass is 10.2. The van der Waals surface area contributed by atoms with Gasteiger partial charge in [0.25, 0.3) is 5.91 Å². The van der Waals surface area contributed by atoms with E-state index in [1.165, 1.54) is 17.3 Å². The lowest BCUT2D eigenvalue weighted by Gasteiger charge is -2.14. The van der Waals surface area contributed by atoms with Crippen molar-refractivity contribution in [2.45, 2.75) is 6.42 Å². The number of anilines is 1. The molecular formula is C9H10ClN3O2. The van der Waals surface area contributed by atoms with Gasteiger partial charge >= 0.3 is 0 Å². The van der Waals surface area contributed by atoms with Gasteiger partial charge < -0.3 is 5.73 Å². The predicted octanol–water partition coefficient (Wildman–Crippen LogP) is 1.09. The first-order valence-electron chi connectivity index (χ1n) is 4.54. The standard InChI is InChI=1S/C9H10ClN3O2/c10-8-4-6(7(11)5-12-8)9(14)13-2-1-3-15-13/h4-5H,1-3,11H2. The molecule has 0 atom stereocenters. The fraction of sp³-hybridized carbons (Fsp3) is 0.333. The summed E-state index contributed by atoms with van der Waals surface area (Å²) in [5.74, 6) is -0.269. The van der Waals surface area contributed by atoms with Crippen molar-refractivity contribution < 1.29 is 9.63 Å². The summed E-state index contributed by atoms with van der Waals surface area (Å²) in [6, 6.07) is 1.45. The Bertz CT molecular complexity index is 391. The monoisotopic (exact) mass is 227 g/mol. The summed E-state index contributed by atoms with van der Waals surface area (Å²) in [5.41, 5.74) is 6.27. The third-order valence-electron chi connectivity index (χ3n) is 2.11. The van der Waals surface area contributed by atoms with Crippen molar-refractivity contribution in [1.29, 1.82) is 0 Å². The number of amides is 1. The van der Waals surface area contributed by atoms with Crippen molar-refractivity contribution in [2.24, 2.45) is 0 Å². The zero-order valence-corrected chi connectivity index (χ0v) is 8.70. The molecular weight excluding hydrogens is 218 g/mol. The molecule has 1 aliphatic heterocycles. The van der Waals surface area contributed by atoms with E-state index in [-0.39, 0.29) is 11.1 Å². The molecule has 1 fully saturated rings. The Morgan fingerprint density at radius 1 is 1.67 bits per heavy atom. The van der Waals surface area contributed by atoms with Crippen molar-refractivity contribution >= 4 is 23.2 Å². The lowest BCUT2D eigenvalue weighted by Crippen LogP contribution is -2.27. The van der Waals surface area contributed by atoms with Gasteiger partial charge in [-0.05, 0) is 12.5 Å². The number of carbonyl (C=O) groups is 1. The maximum absolute atomic E-state index is 11.9. The minimum atomic E-state index is -0.269. The average molecular weight is 228 g/mol. The van der Waals surface area contributed by atoms with Crippen LogP contribution in [-0.4, -0.2) is 29.1 Å². The van der Waals surface area contributed by atoms with Gasteiger partial charge in [0.2, 0.25) is 0 Å². The fourth-order valence-electron chi connectivity index (χ4n) is 1.37. The van der Waals surface area contributed by atoms with Gasteiger partial charge in [-0.25, -0.2) is 10.0 Å². The maximum atomic E-state index is 11.9. The Balaban J connectivity index is 2.27. The third-order valence-corrected chi connectivity index (χ3v) is 2.32. The highest BCUT2D eigenvalue weighted by Crippen LogP contribution is 2.19. The van der Waals surface area contributed by atoms with Crippen LogP contribution in [-0.2, 0) is 4.84 Å². The Morgan fingerprint density at radius 2 is 2.47 bits per heavy atom. The molecule has 1 amide bonds. The van der Waals surface area contributed by atoms with E-state index in [1.807, 2.05) is 0 Å². The Kier molecular flexibility index (Phi) is 2.75. The van der Waals surface area contributed by atoms with E-state index >= 15 is 0 Å². The van der Waals surface area contributed by atoms with E-state index in [2.05, 4.69) is 4.98 Å². The highest BCUT2D eigenvalue weighted by atomic mass is 35.5. The minimum Gasteiger partial charge on any atom is -0.397 e. The molecule has 0 bridgehead atoms. The van der Waals surface area contributed by atoms with E-state index in [9.17, 15) is 4.79 Å². The molecule has 0 aromatic carbocycles. The second-order valence-electron chi connectivity index (χ2n) is 3.19. The van der Waals surface area contributed by atoms with Gasteiger partial charge in [-0.2, -0.15) is 0 Å². The highest BCUT2D eigenvalue weighted by Gasteiger charge is 2.22. The fourth-order valence-corrected chi connectivity index (χ4v) is 1.53. The topological polar surface area (TPSA) is 68.5 Å². The highest BCUT2D eigenvalue weighted by molar-refractivity contribution is 6.29. The van der Waals surface area contributed by atoms with Gasteiger partial charge in [-0.1, -0.05) is 11.6 Å². The van der Waals surface area contributed by atoms with E-state index in [4.69, 9.17) is 22.2 Å². The number of rotatable bonds is 1. The quantitative estimate of drug-likeness (QED) is 0.730. The van der Waals surface area contributed by atoms with Gasteiger partial charge in [-0.3, -0.25) is 9.63 Å². The largest absolute Gasteiger partial charge is 0.397 e. The van der Waals surface area contributed by atoms with E-state index in [0.29, 0.717) is 24.4 Å². The second kappa shape index (κ2) is 4.04. The number of carbonyl (C=O) groups excluding carboxylic acids is 1. The summed E-state index contributed by atoms with van der Waals surface area (Å²) in [5, 5.41) is 1.54. The molecule has 0 saturated carbocycles. The second-order valence-corrected chi connectivity index (χ2v) is 3.58. The number of halogens is 1. The number of nitrogen functional groups attached to an aromatic ring is 1. The molecule has 0 unspecified atom stereocenters. The molecule has 0 aliphatic carbocycles. The number of hydroxylamine groups is 2. The molecule has 1 aromatic rings. The zero-order valence-electron chi connectivity index (χ0n) is 7.94. The smallest absolute Gasteiger partial charge is 0.279 e. The maximum Gasteiger partial charge on any atom is 0.279 e. The molecule has 15 heavy (non-hydrogen) atoms. The van der Waals surface area contributed by atoms with Crippen molar-refractivity contribution in [3.63, 3.8) is 0 Å². The van der Waals surface area contributed by atoms with E-state index in [1.54, 1.807) is 0 Å². The number of nitrogens with two attached hydrogens (primary N) is 1. The molecule has 0 radical (unpaired) electrons. The zero-order chi connectivity index (χ0) is 10.8. The normalized spacial score (nSPS) is 15.7. The van der Waals surface area contributed by atoms with E-state index < -0.39 is 0 Å². The summed E-state index contributed by atoms with van der Waals surface area (Å²) in [4.78, 5) is 20.8. The summed E-state index contributed by atoms with van der Waals surface area (Å²) in [6.45, 7) is 1.14. The molecule has 2 rings (SSSR count). The number of hydrogen-bond acceptors (Lipinski definition) is 4. The van der Waals surface area contributed by atoms with Crippen molar-refractivity contribution in [2.75, 3.05) is 18.9 Å². The Morgan fingerprint density at radius 3 is 3.13 bits per heavy atom. The molecule has 1 aliphatic rings. The number of hydrogen-bond donors (Lipinski definition) is 1. The summed E-state index contributed by atoms with van der Waals surface area (Å²) in [6.07, 6.45) is 2.20. The van der Waals surface area contributed by atoms with Gasteiger partial charge in [0.15, 0.2) is 0 Å². The molecule has 1 aromatic heterocycles. The average Bonchev–Trinajstić information content (AvgIpc) is 2.74. The first kappa shape index (κ1) is 10.2. The van der Waals surface area contributed by atoms with Crippen molar-refractivity contribution in [3.8, 4) is 0 Å². The summed E-state index contributed by atoms with van der Waals surface area (Å²) < 4.78 is 0. The van der Waals surface area contributed by atoms with Crippen LogP contribution < -0.4 is 5.73 Å². The van der Waals surface area contributed by atoms with Crippen LogP contribution in [0.3, 0.4) is 0 Å². The van der Waals surface area contributed by atoms with Crippen LogP contribution in [0, 0.1) is 0 Å². The predicted molar refractivity (Wildman–Crippen MR) is 55.3 cm³/mol. The number of nitrogens with zero attached hydrogens (tertiary/aromatic N) is 2. The van der Waals surface area contributed by atoms with Gasteiger partial charge in [0.05, 0.1) is 30.6 Å². The van der Waals surface area contributed by atoms with Crippen LogP contribution in [0.2, 0.25) is 5.15 Å². The summed E-state index contributed by atoms with van der Waals surface area (Å²) >= 11 is 5.69. The molecule has 6 heteroatoms. The molecule has 80 valence electrons. The number of aromatic nitrogens is 1. The van der Waals surface area contributed by atoms with Crippen LogP contribution in [0.5, 0.6) is 0 Å². The SMILES string of the molecule is Nc1cnc(Cl)cc1C(=O)N1CCCO1. The lowest BCUT2D eigenvalue weighted by molar-refractivity contribution is -0.0767. The molecule has 2 N–H and O–H groups in total. The first-order valence-corrected chi connectivity index (χ1v) is 4.92. The van der Waals surface area contributed by atoms with Crippen molar-refractivity contribution in [3.05, 3.63) is 23.0 Å². The van der Waals surface area contributed by atoms with Crippen LogP contribution >= 0.6 is 11.6 Å². The van der Waals surface area contributed by atoms with Gasteiger partial charge in [-0.15, -0.1) is 0 Å². The molecule has 2 heterocycles. The number of pyridine rings is 1. The minimum absolute atomic E-state index is 0.242. The van der Waals surface area contributed by atoms with Crippen molar-refractivity contribution in [1.82, 2.24) is 10.0 Å². The van der Waals surface area contributed by atoms with E-state index in [0.717, 1.165) is 6.42 Å². The molecule has 5 nitrogen and oxygen atoms in total. The van der Waals surface area contributed by atoms with Gasteiger partial charge in [0, 0.05) is 0 Å². The molecule has 0 spiro atoms. The Hall–Kier alpha value is -1.33. The van der Waals surface area contributed by atoms with Crippen LogP contribution in [0.15, 0.2) is 12.3 Å². The Labute approximate surface area is 91.7 Å².